The van der Waals surface area contributed by atoms with E-state index in [2.05, 4.69) is 0 Å². The molecule has 0 unspecified atom stereocenters. The Kier molecular flexibility index (Phi) is 6.12. The van der Waals surface area contributed by atoms with Gasteiger partial charge in [0.1, 0.15) is 0 Å². The van der Waals surface area contributed by atoms with Gasteiger partial charge in [0.05, 0.1) is 12.5 Å². The third-order valence-corrected chi connectivity index (χ3v) is 7.92. The Bertz CT molecular complexity index is 924. The molecule has 1 aliphatic carbocycles. The minimum absolute atomic E-state index is 0.00926. The highest BCUT2D eigenvalue weighted by Crippen LogP contribution is 2.54. The fourth-order valence-electron chi connectivity index (χ4n) is 4.77. The van der Waals surface area contributed by atoms with Gasteiger partial charge in [0, 0.05) is 16.0 Å². The predicted molar refractivity (Wildman–Crippen MR) is 120 cm³/mol. The van der Waals surface area contributed by atoms with Crippen molar-refractivity contribution in [3.63, 3.8) is 0 Å². The van der Waals surface area contributed by atoms with Crippen LogP contribution in [0.3, 0.4) is 0 Å². The highest BCUT2D eigenvalue weighted by molar-refractivity contribution is 8.01. The van der Waals surface area contributed by atoms with Crippen LogP contribution in [0.4, 0.5) is 0 Å². The molecular formula is C24H26ClNO3S. The minimum Gasteiger partial charge on any atom is -0.480 e. The van der Waals surface area contributed by atoms with E-state index in [1.807, 2.05) is 48.2 Å². The van der Waals surface area contributed by atoms with Gasteiger partial charge < -0.3 is 10.0 Å². The van der Waals surface area contributed by atoms with Crippen LogP contribution in [0.25, 0.3) is 0 Å². The van der Waals surface area contributed by atoms with Gasteiger partial charge in [0.15, 0.2) is 4.75 Å². The van der Waals surface area contributed by atoms with Crippen LogP contribution in [-0.2, 0) is 9.59 Å². The second kappa shape index (κ2) is 8.64. The number of hydrogen-bond donors (Lipinski definition) is 1. The van der Waals surface area contributed by atoms with Crippen LogP contribution in [-0.4, -0.2) is 32.7 Å². The Morgan fingerprint density at radius 3 is 2.30 bits per heavy atom. The fourth-order valence-corrected chi connectivity index (χ4v) is 6.24. The first-order valence-electron chi connectivity index (χ1n) is 10.5. The number of rotatable bonds is 5. The molecule has 1 N–H and O–H groups in total. The summed E-state index contributed by atoms with van der Waals surface area (Å²) in [4.78, 5) is 28.9. The Hall–Kier alpha value is -1.98. The van der Waals surface area contributed by atoms with Crippen molar-refractivity contribution in [1.29, 1.82) is 0 Å². The number of halogens is 1. The Balaban J connectivity index is 1.81. The Morgan fingerprint density at radius 1 is 1.07 bits per heavy atom. The maximum atomic E-state index is 13.3. The van der Waals surface area contributed by atoms with Crippen LogP contribution in [0.2, 0.25) is 5.02 Å². The second-order valence-corrected chi connectivity index (χ2v) is 10.2. The first kappa shape index (κ1) is 21.3. The summed E-state index contributed by atoms with van der Waals surface area (Å²) in [5.74, 6) is -1.01. The Morgan fingerprint density at radius 2 is 1.70 bits per heavy atom. The van der Waals surface area contributed by atoms with E-state index in [4.69, 9.17) is 11.6 Å². The summed E-state index contributed by atoms with van der Waals surface area (Å²) in [7, 11) is 0. The van der Waals surface area contributed by atoms with E-state index in [-0.39, 0.29) is 18.4 Å². The van der Waals surface area contributed by atoms with Crippen LogP contribution in [0.5, 0.6) is 0 Å². The molecule has 2 aromatic rings. The predicted octanol–water partition coefficient (Wildman–Crippen LogP) is 5.87. The lowest BCUT2D eigenvalue weighted by atomic mass is 9.89. The molecule has 1 saturated heterocycles. The van der Waals surface area contributed by atoms with Gasteiger partial charge in [-0.2, -0.15) is 0 Å². The first-order chi connectivity index (χ1) is 14.4. The molecule has 158 valence electrons. The molecule has 2 aromatic carbocycles. The van der Waals surface area contributed by atoms with Crippen LogP contribution in [0.15, 0.2) is 53.4 Å². The lowest BCUT2D eigenvalue weighted by Crippen LogP contribution is -2.45. The van der Waals surface area contributed by atoms with Crippen LogP contribution < -0.4 is 0 Å². The van der Waals surface area contributed by atoms with E-state index in [9.17, 15) is 14.7 Å². The zero-order valence-electron chi connectivity index (χ0n) is 17.0. The molecule has 1 amide bonds. The average Bonchev–Trinajstić information content (AvgIpc) is 3.04. The largest absolute Gasteiger partial charge is 0.480 e. The van der Waals surface area contributed by atoms with Crippen molar-refractivity contribution in [2.24, 2.45) is 0 Å². The second-order valence-electron chi connectivity index (χ2n) is 8.33. The van der Waals surface area contributed by atoms with Crippen LogP contribution >= 0.6 is 23.4 Å². The van der Waals surface area contributed by atoms with Crippen molar-refractivity contribution in [3.8, 4) is 0 Å². The van der Waals surface area contributed by atoms with Crippen molar-refractivity contribution in [2.75, 3.05) is 0 Å². The van der Waals surface area contributed by atoms with Gasteiger partial charge in [-0.05, 0) is 49.6 Å². The summed E-state index contributed by atoms with van der Waals surface area (Å²) in [6, 6.07) is 14.7. The van der Waals surface area contributed by atoms with E-state index in [1.54, 1.807) is 12.1 Å². The van der Waals surface area contributed by atoms with E-state index in [0.717, 1.165) is 41.7 Å². The average molecular weight is 444 g/mol. The smallest absolute Gasteiger partial charge is 0.323 e. The number of likely N-dealkylation sites (tertiary alicyclic amines) is 1. The van der Waals surface area contributed by atoms with Gasteiger partial charge in [-0.15, -0.1) is 11.8 Å². The van der Waals surface area contributed by atoms with E-state index in [0.29, 0.717) is 5.02 Å². The molecule has 0 aromatic heterocycles. The standard InChI is InChI=1S/C24H26ClNO3S/c1-16-7-13-20(14-8-16)30-24(23(28)29)15-21(27)26(19-5-3-2-4-6-19)22(24)17-9-11-18(25)12-10-17/h7-14,19,22H,2-6,15H2,1H3,(H,28,29)/t22-,24-/m1/s1. The molecule has 4 nitrogen and oxygen atoms in total. The van der Waals surface area contributed by atoms with Gasteiger partial charge in [-0.3, -0.25) is 9.59 Å². The molecule has 2 aliphatic rings. The number of benzene rings is 2. The third-order valence-electron chi connectivity index (χ3n) is 6.26. The van der Waals surface area contributed by atoms with Gasteiger partial charge in [0.25, 0.3) is 0 Å². The maximum absolute atomic E-state index is 13.3. The SMILES string of the molecule is Cc1ccc(S[C@]2(C(=O)O)CC(=O)N(C3CCCCC3)[C@@H]2c2ccc(Cl)cc2)cc1. The number of aryl methyl sites for hydroxylation is 1. The molecule has 6 heteroatoms. The summed E-state index contributed by atoms with van der Waals surface area (Å²) in [5, 5.41) is 11.1. The lowest BCUT2D eigenvalue weighted by molar-refractivity contribution is -0.140. The number of amides is 1. The van der Waals surface area contributed by atoms with Gasteiger partial charge in [-0.1, -0.05) is 60.7 Å². The summed E-state index contributed by atoms with van der Waals surface area (Å²) in [6.45, 7) is 2.00. The molecule has 2 fully saturated rings. The number of thioether (sulfide) groups is 1. The molecule has 1 saturated carbocycles. The van der Waals surface area contributed by atoms with Crippen LogP contribution in [0.1, 0.15) is 55.7 Å². The van der Waals surface area contributed by atoms with Crippen molar-refractivity contribution in [1.82, 2.24) is 4.90 Å². The number of aliphatic carboxylic acids is 1. The molecule has 1 aliphatic heterocycles. The topological polar surface area (TPSA) is 57.6 Å². The van der Waals surface area contributed by atoms with Gasteiger partial charge in [0.2, 0.25) is 5.91 Å². The zero-order valence-corrected chi connectivity index (χ0v) is 18.6. The number of hydrogen-bond acceptors (Lipinski definition) is 3. The third kappa shape index (κ3) is 3.97. The molecule has 0 bridgehead atoms. The molecule has 1 heterocycles. The summed E-state index contributed by atoms with van der Waals surface area (Å²) < 4.78 is -1.28. The quantitative estimate of drug-likeness (QED) is 0.627. The number of carboxylic acids is 1. The summed E-state index contributed by atoms with van der Waals surface area (Å²) >= 11 is 7.41. The van der Waals surface area contributed by atoms with Crippen molar-refractivity contribution in [3.05, 3.63) is 64.7 Å². The van der Waals surface area contributed by atoms with Crippen LogP contribution in [0, 0.1) is 6.92 Å². The highest BCUT2D eigenvalue weighted by Gasteiger charge is 2.59. The molecule has 0 radical (unpaired) electrons. The molecule has 4 rings (SSSR count). The molecule has 2 atom stereocenters. The highest BCUT2D eigenvalue weighted by atomic mass is 35.5. The van der Waals surface area contributed by atoms with Crippen molar-refractivity contribution >= 4 is 35.2 Å². The molecule has 30 heavy (non-hydrogen) atoms. The van der Waals surface area contributed by atoms with Gasteiger partial charge in [-0.25, -0.2) is 0 Å². The van der Waals surface area contributed by atoms with Crippen molar-refractivity contribution < 1.29 is 14.7 Å². The maximum Gasteiger partial charge on any atom is 0.323 e. The number of carbonyl (C=O) groups is 2. The van der Waals surface area contributed by atoms with E-state index in [1.165, 1.54) is 18.2 Å². The minimum atomic E-state index is -1.28. The summed E-state index contributed by atoms with van der Waals surface area (Å²) in [5.41, 5.74) is 1.95. The first-order valence-corrected chi connectivity index (χ1v) is 11.7. The number of carbonyl (C=O) groups excluding carboxylic acids is 1. The number of carboxylic acid groups (broad SMARTS) is 1. The van der Waals surface area contributed by atoms with E-state index < -0.39 is 16.8 Å². The molecule has 0 spiro atoms. The van der Waals surface area contributed by atoms with E-state index >= 15 is 0 Å². The molecular weight excluding hydrogens is 418 g/mol. The van der Waals surface area contributed by atoms with Crippen molar-refractivity contribution in [2.45, 2.75) is 67.2 Å². The zero-order chi connectivity index (χ0) is 21.3. The summed E-state index contributed by atoms with van der Waals surface area (Å²) in [6.07, 6.45) is 5.18. The normalized spacial score (nSPS) is 24.9. The lowest BCUT2D eigenvalue weighted by Gasteiger charge is -2.40. The Labute approximate surface area is 186 Å². The fraction of sp³-hybridized carbons (Fsp3) is 0.417. The van der Waals surface area contributed by atoms with Gasteiger partial charge >= 0.3 is 5.97 Å². The number of nitrogens with zero attached hydrogens (tertiary/aromatic N) is 1. The monoisotopic (exact) mass is 443 g/mol.